The summed E-state index contributed by atoms with van der Waals surface area (Å²) < 4.78 is 42.0. The molecule has 1 N–H and O–H groups in total. The molecule has 0 bridgehead atoms. The van der Waals surface area contributed by atoms with Gasteiger partial charge in [-0.15, -0.1) is 0 Å². The van der Waals surface area contributed by atoms with Gasteiger partial charge in [0, 0.05) is 37.9 Å². The van der Waals surface area contributed by atoms with Crippen molar-refractivity contribution in [2.45, 2.75) is 13.1 Å². The zero-order chi connectivity index (χ0) is 20.6. The molecule has 0 aromatic heterocycles. The third-order valence-corrected chi connectivity index (χ3v) is 4.13. The molecule has 0 atom stereocenters. The lowest BCUT2D eigenvalue weighted by Crippen LogP contribution is -2.50. The molecule has 1 aromatic rings. The largest absolute Gasteiger partial charge is 0.463 e. The van der Waals surface area contributed by atoms with Gasteiger partial charge in [-0.3, -0.25) is 14.6 Å². The van der Waals surface area contributed by atoms with Crippen LogP contribution in [0.25, 0.3) is 6.08 Å². The summed E-state index contributed by atoms with van der Waals surface area (Å²) in [6.45, 7) is 2.66. The number of rotatable bonds is 7. The molecule has 0 radical (unpaired) electrons. The number of piperazine rings is 1. The van der Waals surface area contributed by atoms with Crippen molar-refractivity contribution >= 4 is 23.6 Å². The third-order valence-electron chi connectivity index (χ3n) is 4.13. The molecule has 2 rings (SSSR count). The van der Waals surface area contributed by atoms with Gasteiger partial charge in [0.25, 0.3) is 0 Å². The van der Waals surface area contributed by atoms with E-state index in [0.29, 0.717) is 25.4 Å². The Labute approximate surface area is 161 Å². The Morgan fingerprint density at radius 3 is 2.29 bits per heavy atom. The van der Waals surface area contributed by atoms with Crippen molar-refractivity contribution in [3.63, 3.8) is 0 Å². The number of hydrogen-bond donors (Lipinski definition) is 1. The first-order chi connectivity index (χ1) is 13.2. The van der Waals surface area contributed by atoms with Crippen molar-refractivity contribution in [1.82, 2.24) is 9.80 Å². The summed E-state index contributed by atoms with van der Waals surface area (Å²) in [6.07, 6.45) is -1.25. The number of carbonyl (C=O) groups is 2. The quantitative estimate of drug-likeness (QED) is 0.564. The highest BCUT2D eigenvalue weighted by atomic mass is 19.4. The first-order valence-corrected chi connectivity index (χ1v) is 9.01. The van der Waals surface area contributed by atoms with Crippen LogP contribution in [0.4, 0.5) is 18.9 Å². The van der Waals surface area contributed by atoms with Crippen molar-refractivity contribution in [2.24, 2.45) is 0 Å². The van der Waals surface area contributed by atoms with Gasteiger partial charge in [0.1, 0.15) is 0 Å². The van der Waals surface area contributed by atoms with E-state index in [-0.39, 0.29) is 25.5 Å². The summed E-state index contributed by atoms with van der Waals surface area (Å²) in [5, 5.41) is 2.76. The Bertz CT molecular complexity index is 682. The lowest BCUT2D eigenvalue weighted by molar-refractivity contribution is -0.149. The summed E-state index contributed by atoms with van der Waals surface area (Å²) >= 11 is 0. The molecule has 1 aliphatic rings. The molecule has 0 spiro atoms. The third kappa shape index (κ3) is 8.10. The van der Waals surface area contributed by atoms with Crippen LogP contribution < -0.4 is 5.32 Å². The summed E-state index contributed by atoms with van der Waals surface area (Å²) in [4.78, 5) is 26.6. The van der Waals surface area contributed by atoms with Crippen LogP contribution in [0.15, 0.2) is 30.3 Å². The average Bonchev–Trinajstić information content (AvgIpc) is 2.62. The van der Waals surface area contributed by atoms with Crippen LogP contribution in [0.3, 0.4) is 0 Å². The van der Waals surface area contributed by atoms with E-state index in [2.05, 4.69) is 5.32 Å². The number of carbonyl (C=O) groups excluding carboxylic acids is 2. The molecule has 1 aliphatic heterocycles. The lowest BCUT2D eigenvalue weighted by atomic mass is 10.2. The Balaban J connectivity index is 1.75. The maximum absolute atomic E-state index is 12.4. The van der Waals surface area contributed by atoms with Gasteiger partial charge in [-0.25, -0.2) is 4.79 Å². The molecule has 1 saturated heterocycles. The van der Waals surface area contributed by atoms with E-state index >= 15 is 0 Å². The van der Waals surface area contributed by atoms with E-state index in [1.807, 2.05) is 4.90 Å². The van der Waals surface area contributed by atoms with E-state index in [9.17, 15) is 22.8 Å². The first kappa shape index (κ1) is 21.9. The molecule has 1 heterocycles. The fourth-order valence-electron chi connectivity index (χ4n) is 2.79. The number of alkyl halides is 3. The summed E-state index contributed by atoms with van der Waals surface area (Å²) in [6, 6.07) is 6.93. The Morgan fingerprint density at radius 2 is 1.71 bits per heavy atom. The Morgan fingerprint density at radius 1 is 1.11 bits per heavy atom. The number of nitrogens with one attached hydrogen (secondary N) is 1. The molecule has 1 amide bonds. The maximum atomic E-state index is 12.4. The van der Waals surface area contributed by atoms with Crippen LogP contribution in [0.1, 0.15) is 12.5 Å². The van der Waals surface area contributed by atoms with E-state index in [4.69, 9.17) is 4.74 Å². The number of halogens is 3. The van der Waals surface area contributed by atoms with Crippen LogP contribution in [-0.2, 0) is 14.3 Å². The van der Waals surface area contributed by atoms with Crippen molar-refractivity contribution in [1.29, 1.82) is 0 Å². The van der Waals surface area contributed by atoms with E-state index in [1.54, 1.807) is 37.3 Å². The number of esters is 1. The normalized spacial score (nSPS) is 16.3. The number of benzene rings is 1. The topological polar surface area (TPSA) is 61.9 Å². The highest BCUT2D eigenvalue weighted by Gasteiger charge is 2.32. The minimum absolute atomic E-state index is 0.129. The fourth-order valence-corrected chi connectivity index (χ4v) is 2.79. The fraction of sp³-hybridized carbons (Fsp3) is 0.474. The number of nitrogens with zero attached hydrogens (tertiary/aromatic N) is 2. The van der Waals surface area contributed by atoms with Gasteiger partial charge in [-0.2, -0.15) is 13.2 Å². The van der Waals surface area contributed by atoms with Gasteiger partial charge in [-0.1, -0.05) is 12.1 Å². The molecule has 6 nitrogen and oxygen atoms in total. The highest BCUT2D eigenvalue weighted by molar-refractivity contribution is 5.92. The summed E-state index contributed by atoms with van der Waals surface area (Å²) in [5.41, 5.74) is 1.39. The second kappa shape index (κ2) is 10.2. The Kier molecular flexibility index (Phi) is 8.01. The predicted octanol–water partition coefficient (Wildman–Crippen LogP) is 2.38. The van der Waals surface area contributed by atoms with Gasteiger partial charge in [0.15, 0.2) is 0 Å². The number of amides is 1. The number of ether oxygens (including phenoxy) is 1. The van der Waals surface area contributed by atoms with Crippen LogP contribution in [-0.4, -0.2) is 73.7 Å². The van der Waals surface area contributed by atoms with Gasteiger partial charge in [-0.05, 0) is 30.7 Å². The molecule has 0 saturated carbocycles. The average molecular weight is 399 g/mol. The molecule has 28 heavy (non-hydrogen) atoms. The van der Waals surface area contributed by atoms with Crippen LogP contribution in [0.5, 0.6) is 0 Å². The van der Waals surface area contributed by atoms with Crippen molar-refractivity contribution in [3.05, 3.63) is 35.9 Å². The second-order valence-electron chi connectivity index (χ2n) is 6.42. The smallest absolute Gasteiger partial charge is 0.401 e. The minimum Gasteiger partial charge on any atom is -0.463 e. The first-order valence-electron chi connectivity index (χ1n) is 9.01. The SMILES string of the molecule is CCOC(=O)/C=C/c1ccc(NC(=O)CN2CCN(CC(F)(F)F)CC2)cc1. The standard InChI is InChI=1S/C19H24F3N3O3/c1-2-28-18(27)8-5-15-3-6-16(7-4-15)23-17(26)13-24-9-11-25(12-10-24)14-19(20,21)22/h3-8H,2,9-14H2,1H3,(H,23,26)/b8-5+. The second-order valence-corrected chi connectivity index (χ2v) is 6.42. The summed E-state index contributed by atoms with van der Waals surface area (Å²) in [7, 11) is 0. The molecule has 1 aromatic carbocycles. The van der Waals surface area contributed by atoms with Gasteiger partial charge >= 0.3 is 12.1 Å². The molecular formula is C19H24F3N3O3. The predicted molar refractivity (Wildman–Crippen MR) is 99.7 cm³/mol. The molecule has 1 fully saturated rings. The van der Waals surface area contributed by atoms with Gasteiger partial charge in [0.2, 0.25) is 5.91 Å². The van der Waals surface area contributed by atoms with Crippen LogP contribution in [0, 0.1) is 0 Å². The van der Waals surface area contributed by atoms with Crippen molar-refractivity contribution in [3.8, 4) is 0 Å². The molecule has 9 heteroatoms. The van der Waals surface area contributed by atoms with Crippen LogP contribution in [0.2, 0.25) is 0 Å². The lowest BCUT2D eigenvalue weighted by Gasteiger charge is -2.34. The minimum atomic E-state index is -4.20. The molecule has 0 aliphatic carbocycles. The molecule has 0 unspecified atom stereocenters. The van der Waals surface area contributed by atoms with Gasteiger partial charge in [0.05, 0.1) is 19.7 Å². The summed E-state index contributed by atoms with van der Waals surface area (Å²) in [5.74, 6) is -0.644. The maximum Gasteiger partial charge on any atom is 0.401 e. The Hall–Kier alpha value is -2.39. The van der Waals surface area contributed by atoms with E-state index < -0.39 is 18.7 Å². The molecular weight excluding hydrogens is 375 g/mol. The monoisotopic (exact) mass is 399 g/mol. The van der Waals surface area contributed by atoms with E-state index in [1.165, 1.54) is 11.0 Å². The van der Waals surface area contributed by atoms with Gasteiger partial charge < -0.3 is 10.1 Å². The number of anilines is 1. The van der Waals surface area contributed by atoms with Crippen LogP contribution >= 0.6 is 0 Å². The zero-order valence-corrected chi connectivity index (χ0v) is 15.7. The zero-order valence-electron chi connectivity index (χ0n) is 15.7. The highest BCUT2D eigenvalue weighted by Crippen LogP contribution is 2.17. The van der Waals surface area contributed by atoms with Crippen molar-refractivity contribution < 1.29 is 27.5 Å². The number of hydrogen-bond acceptors (Lipinski definition) is 5. The molecule has 154 valence electrons. The van der Waals surface area contributed by atoms with Crippen molar-refractivity contribution in [2.75, 3.05) is 51.2 Å². The van der Waals surface area contributed by atoms with E-state index in [0.717, 1.165) is 5.56 Å².